The van der Waals surface area contributed by atoms with E-state index in [1.54, 1.807) is 0 Å². The number of methoxy groups -OCH3 is 2. The van der Waals surface area contributed by atoms with Crippen LogP contribution in [0.5, 0.6) is 11.5 Å². The van der Waals surface area contributed by atoms with Crippen molar-refractivity contribution in [1.29, 1.82) is 0 Å². The van der Waals surface area contributed by atoms with Gasteiger partial charge in [-0.15, -0.1) is 0 Å². The van der Waals surface area contributed by atoms with E-state index in [1.165, 1.54) is 38.5 Å². The fourth-order valence-electron chi connectivity index (χ4n) is 1.90. The van der Waals surface area contributed by atoms with Crippen LogP contribution in [0.3, 0.4) is 0 Å². The lowest BCUT2D eigenvalue weighted by Gasteiger charge is -2.10. The monoisotopic (exact) mass is 276 g/mol. The van der Waals surface area contributed by atoms with E-state index in [0.717, 1.165) is 0 Å². The van der Waals surface area contributed by atoms with Crippen molar-refractivity contribution in [3.8, 4) is 11.5 Å². The molecule has 0 bridgehead atoms. The molecule has 104 valence electrons. The Bertz CT molecular complexity index is 704. The topological polar surface area (TPSA) is 93.1 Å². The molecule has 0 unspecified atom stereocenters. The van der Waals surface area contributed by atoms with Crippen LogP contribution in [-0.2, 0) is 9.47 Å². The van der Waals surface area contributed by atoms with Gasteiger partial charge in [-0.1, -0.05) is 6.07 Å². The second-order valence-corrected chi connectivity index (χ2v) is 4.04. The van der Waals surface area contributed by atoms with Crippen molar-refractivity contribution < 1.29 is 29.3 Å². The third-order valence-corrected chi connectivity index (χ3v) is 2.92. The number of fused-ring (bicyclic) bond motifs is 1. The minimum absolute atomic E-state index is 0.0249. The maximum Gasteiger partial charge on any atom is 0.338 e. The van der Waals surface area contributed by atoms with Crippen molar-refractivity contribution in [2.45, 2.75) is 0 Å². The molecule has 0 aliphatic carbocycles. The zero-order valence-corrected chi connectivity index (χ0v) is 10.8. The highest BCUT2D eigenvalue weighted by molar-refractivity contribution is 6.08. The van der Waals surface area contributed by atoms with Gasteiger partial charge in [0.1, 0.15) is 0 Å². The first-order valence-corrected chi connectivity index (χ1v) is 5.65. The van der Waals surface area contributed by atoms with E-state index in [2.05, 4.69) is 9.47 Å². The maximum absolute atomic E-state index is 11.7. The lowest BCUT2D eigenvalue weighted by atomic mass is 10.00. The van der Waals surface area contributed by atoms with Crippen LogP contribution in [0.2, 0.25) is 0 Å². The van der Waals surface area contributed by atoms with Crippen LogP contribution in [0.1, 0.15) is 20.7 Å². The molecule has 0 aliphatic heterocycles. The number of rotatable bonds is 2. The van der Waals surface area contributed by atoms with Gasteiger partial charge in [-0.3, -0.25) is 0 Å². The molecule has 2 rings (SSSR count). The van der Waals surface area contributed by atoms with Gasteiger partial charge < -0.3 is 19.7 Å². The van der Waals surface area contributed by atoms with Gasteiger partial charge in [0.15, 0.2) is 11.5 Å². The number of phenols is 2. The molecule has 2 N–H and O–H groups in total. The van der Waals surface area contributed by atoms with E-state index < -0.39 is 11.9 Å². The van der Waals surface area contributed by atoms with Gasteiger partial charge in [-0.25, -0.2) is 9.59 Å². The van der Waals surface area contributed by atoms with Crippen LogP contribution < -0.4 is 0 Å². The second kappa shape index (κ2) is 5.08. The normalized spacial score (nSPS) is 10.3. The lowest BCUT2D eigenvalue weighted by molar-refractivity contribution is 0.0555. The van der Waals surface area contributed by atoms with Gasteiger partial charge in [0.05, 0.1) is 25.3 Å². The molecule has 0 radical (unpaired) electrons. The number of benzene rings is 2. The zero-order chi connectivity index (χ0) is 14.9. The lowest BCUT2D eigenvalue weighted by Crippen LogP contribution is -2.11. The minimum atomic E-state index is -0.741. The van der Waals surface area contributed by atoms with E-state index in [0.29, 0.717) is 5.39 Å². The standard InChI is InChI=1S/C14H12O6/c1-19-13(17)9-5-7-3-4-11(15)12(16)8(7)6-10(9)14(18)20-2/h3-6,15-16H,1-2H3. The Labute approximate surface area is 114 Å². The summed E-state index contributed by atoms with van der Waals surface area (Å²) in [7, 11) is 2.37. The summed E-state index contributed by atoms with van der Waals surface area (Å²) >= 11 is 0. The van der Waals surface area contributed by atoms with E-state index in [-0.39, 0.29) is 28.0 Å². The van der Waals surface area contributed by atoms with Gasteiger partial charge in [-0.2, -0.15) is 0 Å². The van der Waals surface area contributed by atoms with E-state index in [9.17, 15) is 19.8 Å². The van der Waals surface area contributed by atoms with Gasteiger partial charge in [0.2, 0.25) is 0 Å². The van der Waals surface area contributed by atoms with Gasteiger partial charge in [-0.05, 0) is 23.6 Å². The summed E-state index contributed by atoms with van der Waals surface area (Å²) in [6.45, 7) is 0. The predicted octanol–water partition coefficient (Wildman–Crippen LogP) is 1.82. The van der Waals surface area contributed by atoms with Crippen molar-refractivity contribution in [3.05, 3.63) is 35.4 Å². The van der Waals surface area contributed by atoms with Crippen LogP contribution in [-0.4, -0.2) is 36.4 Å². The number of carbonyl (C=O) groups is 2. The molecule has 0 aromatic heterocycles. The second-order valence-electron chi connectivity index (χ2n) is 4.04. The highest BCUT2D eigenvalue weighted by Crippen LogP contribution is 2.35. The van der Waals surface area contributed by atoms with Crippen LogP contribution in [0.15, 0.2) is 24.3 Å². The maximum atomic E-state index is 11.7. The fourth-order valence-corrected chi connectivity index (χ4v) is 1.90. The first-order valence-electron chi connectivity index (χ1n) is 5.65. The molecule has 2 aromatic rings. The molecule has 6 nitrogen and oxygen atoms in total. The van der Waals surface area contributed by atoms with Crippen molar-refractivity contribution in [2.75, 3.05) is 14.2 Å². The summed E-state index contributed by atoms with van der Waals surface area (Å²) < 4.78 is 9.22. The van der Waals surface area contributed by atoms with Gasteiger partial charge >= 0.3 is 11.9 Å². The molecule has 6 heteroatoms. The Balaban J connectivity index is 2.81. The van der Waals surface area contributed by atoms with Crippen LogP contribution in [0.4, 0.5) is 0 Å². The van der Waals surface area contributed by atoms with Crippen LogP contribution in [0, 0.1) is 0 Å². The fraction of sp³-hybridized carbons (Fsp3) is 0.143. The largest absolute Gasteiger partial charge is 0.504 e. The predicted molar refractivity (Wildman–Crippen MR) is 70.0 cm³/mol. The summed E-state index contributed by atoms with van der Waals surface area (Å²) in [6, 6.07) is 5.48. The molecule has 0 aliphatic rings. The molecular formula is C14H12O6. The SMILES string of the molecule is COC(=O)c1cc2ccc(O)c(O)c2cc1C(=O)OC. The highest BCUT2D eigenvalue weighted by Gasteiger charge is 2.21. The van der Waals surface area contributed by atoms with E-state index in [4.69, 9.17) is 0 Å². The summed E-state index contributed by atoms with van der Waals surface area (Å²) in [5.74, 6) is -2.13. The van der Waals surface area contributed by atoms with Crippen molar-refractivity contribution in [3.63, 3.8) is 0 Å². The van der Waals surface area contributed by atoms with Crippen molar-refractivity contribution in [1.82, 2.24) is 0 Å². The molecule has 0 spiro atoms. The Morgan fingerprint density at radius 2 is 1.50 bits per heavy atom. The number of hydrogen-bond acceptors (Lipinski definition) is 6. The van der Waals surface area contributed by atoms with E-state index in [1.807, 2.05) is 0 Å². The third kappa shape index (κ3) is 2.11. The molecule has 0 saturated heterocycles. The van der Waals surface area contributed by atoms with E-state index >= 15 is 0 Å². The van der Waals surface area contributed by atoms with Crippen LogP contribution >= 0.6 is 0 Å². The Morgan fingerprint density at radius 3 is 2.05 bits per heavy atom. The first kappa shape index (κ1) is 13.7. The smallest absolute Gasteiger partial charge is 0.338 e. The quantitative estimate of drug-likeness (QED) is 0.642. The molecule has 0 amide bonds. The average Bonchev–Trinajstić information content (AvgIpc) is 2.48. The van der Waals surface area contributed by atoms with Crippen molar-refractivity contribution >= 4 is 22.7 Å². The Kier molecular flexibility index (Phi) is 3.47. The molecular weight excluding hydrogens is 264 g/mol. The van der Waals surface area contributed by atoms with Crippen molar-refractivity contribution in [2.24, 2.45) is 0 Å². The Morgan fingerprint density at radius 1 is 0.950 bits per heavy atom. The zero-order valence-electron chi connectivity index (χ0n) is 10.8. The highest BCUT2D eigenvalue weighted by atomic mass is 16.5. The van der Waals surface area contributed by atoms with Gasteiger partial charge in [0.25, 0.3) is 0 Å². The van der Waals surface area contributed by atoms with Gasteiger partial charge in [0, 0.05) is 5.39 Å². The van der Waals surface area contributed by atoms with Crippen LogP contribution in [0.25, 0.3) is 10.8 Å². The third-order valence-electron chi connectivity index (χ3n) is 2.92. The number of esters is 2. The number of ether oxygens (including phenoxy) is 2. The molecule has 0 saturated carbocycles. The average molecular weight is 276 g/mol. The number of hydrogen-bond donors (Lipinski definition) is 2. The molecule has 2 aromatic carbocycles. The molecule has 0 fully saturated rings. The number of carbonyl (C=O) groups excluding carboxylic acids is 2. The molecule has 20 heavy (non-hydrogen) atoms. The minimum Gasteiger partial charge on any atom is -0.504 e. The summed E-state index contributed by atoms with van der Waals surface area (Å²) in [4.78, 5) is 23.4. The number of phenolic OH excluding ortho intramolecular Hbond substituents is 2. The Hall–Kier alpha value is -2.76. The number of aromatic hydroxyl groups is 2. The first-order chi connectivity index (χ1) is 9.49. The molecule has 0 atom stereocenters. The summed E-state index contributed by atoms with van der Waals surface area (Å²) in [5.41, 5.74) is -0.0234. The summed E-state index contributed by atoms with van der Waals surface area (Å²) in [5, 5.41) is 20.0. The summed E-state index contributed by atoms with van der Waals surface area (Å²) in [6.07, 6.45) is 0. The molecule has 0 heterocycles.